The van der Waals surface area contributed by atoms with E-state index in [-0.39, 0.29) is 18.0 Å². The van der Waals surface area contributed by atoms with Gasteiger partial charge in [-0.3, -0.25) is 4.98 Å². The number of halogens is 1. The van der Waals surface area contributed by atoms with E-state index in [4.69, 9.17) is 21.4 Å². The third kappa shape index (κ3) is 2.80. The molecule has 0 saturated heterocycles. The molecule has 5 rings (SSSR count). The Hall–Kier alpha value is -3.05. The van der Waals surface area contributed by atoms with Crippen molar-refractivity contribution < 1.29 is 9.84 Å². The van der Waals surface area contributed by atoms with Crippen molar-refractivity contribution in [3.05, 3.63) is 88.7 Å². The molecule has 1 N–H and O–H groups in total. The fraction of sp³-hybridized carbons (Fsp3) is 0.143. The molecule has 134 valence electrons. The largest absolute Gasteiger partial charge is 0.508 e. The second-order valence-corrected chi connectivity index (χ2v) is 7.07. The zero-order valence-electron chi connectivity index (χ0n) is 14.3. The molecule has 0 fully saturated rings. The lowest BCUT2D eigenvalue weighted by Gasteiger charge is -2.38. The number of aromatic nitrogens is 1. The van der Waals surface area contributed by atoms with Gasteiger partial charge in [0.25, 0.3) is 0 Å². The van der Waals surface area contributed by atoms with E-state index < -0.39 is 0 Å². The number of pyridine rings is 1. The van der Waals surface area contributed by atoms with E-state index in [1.54, 1.807) is 24.5 Å². The van der Waals surface area contributed by atoms with Gasteiger partial charge < -0.3 is 9.84 Å². The smallest absolute Gasteiger partial charge is 0.215 e. The highest BCUT2D eigenvalue weighted by molar-refractivity contribution is 6.30. The van der Waals surface area contributed by atoms with E-state index in [1.807, 2.05) is 47.5 Å². The molecule has 2 atom stereocenters. The summed E-state index contributed by atoms with van der Waals surface area (Å²) in [6.45, 7) is 0. The van der Waals surface area contributed by atoms with Crippen molar-refractivity contribution in [1.82, 2.24) is 9.99 Å². The zero-order valence-corrected chi connectivity index (χ0v) is 15.0. The fourth-order valence-electron chi connectivity index (χ4n) is 3.66. The normalized spacial score (nSPS) is 20.5. The first-order valence-electron chi connectivity index (χ1n) is 8.70. The van der Waals surface area contributed by atoms with Crippen molar-refractivity contribution in [3.8, 4) is 11.5 Å². The number of fused-ring (bicyclic) bond motifs is 3. The lowest BCUT2D eigenvalue weighted by molar-refractivity contribution is -0.0192. The maximum absolute atomic E-state index is 9.84. The Labute approximate surface area is 161 Å². The van der Waals surface area contributed by atoms with Gasteiger partial charge in [0.1, 0.15) is 11.5 Å². The molecule has 5 nitrogen and oxygen atoms in total. The molecule has 2 aliphatic rings. The molecular formula is C21H16ClN3O2. The van der Waals surface area contributed by atoms with Gasteiger partial charge in [0.05, 0.1) is 11.8 Å². The summed E-state index contributed by atoms with van der Waals surface area (Å²) in [5, 5.41) is 17.3. The maximum Gasteiger partial charge on any atom is 0.215 e. The molecule has 27 heavy (non-hydrogen) atoms. The zero-order chi connectivity index (χ0) is 18.4. The van der Waals surface area contributed by atoms with Crippen molar-refractivity contribution in [2.24, 2.45) is 5.10 Å². The van der Waals surface area contributed by atoms with E-state index in [2.05, 4.69) is 4.98 Å². The summed E-state index contributed by atoms with van der Waals surface area (Å²) < 4.78 is 6.27. The van der Waals surface area contributed by atoms with Crippen molar-refractivity contribution in [2.45, 2.75) is 18.7 Å². The van der Waals surface area contributed by atoms with E-state index in [0.717, 1.165) is 28.2 Å². The first-order valence-corrected chi connectivity index (χ1v) is 9.08. The Morgan fingerprint density at radius 1 is 1.11 bits per heavy atom. The molecule has 3 aromatic rings. The predicted octanol–water partition coefficient (Wildman–Crippen LogP) is 4.68. The molecule has 2 aliphatic heterocycles. The molecule has 2 aromatic carbocycles. The number of phenols is 1. The highest BCUT2D eigenvalue weighted by Gasteiger charge is 2.41. The number of hydrogen-bond donors (Lipinski definition) is 1. The molecule has 6 heteroatoms. The topological polar surface area (TPSA) is 58.0 Å². The van der Waals surface area contributed by atoms with Crippen LogP contribution in [0.4, 0.5) is 0 Å². The average molecular weight is 378 g/mol. The number of aromatic hydroxyl groups is 1. The third-order valence-electron chi connectivity index (χ3n) is 4.90. The Morgan fingerprint density at radius 2 is 2.04 bits per heavy atom. The lowest BCUT2D eigenvalue weighted by Crippen LogP contribution is -2.33. The van der Waals surface area contributed by atoms with Crippen molar-refractivity contribution in [3.63, 3.8) is 0 Å². The van der Waals surface area contributed by atoms with Gasteiger partial charge in [0, 0.05) is 40.5 Å². The summed E-state index contributed by atoms with van der Waals surface area (Å²) in [6.07, 6.45) is 3.87. The van der Waals surface area contributed by atoms with Crippen molar-refractivity contribution >= 4 is 17.3 Å². The molecule has 0 saturated carbocycles. The van der Waals surface area contributed by atoms with Gasteiger partial charge in [-0.1, -0.05) is 29.8 Å². The Kier molecular flexibility index (Phi) is 3.76. The predicted molar refractivity (Wildman–Crippen MR) is 103 cm³/mol. The van der Waals surface area contributed by atoms with Crippen LogP contribution in [-0.2, 0) is 0 Å². The van der Waals surface area contributed by atoms with Gasteiger partial charge in [-0.05, 0) is 36.4 Å². The van der Waals surface area contributed by atoms with Gasteiger partial charge in [-0.15, -0.1) is 0 Å². The van der Waals surface area contributed by atoms with Gasteiger partial charge >= 0.3 is 0 Å². The lowest BCUT2D eigenvalue weighted by atomic mass is 9.96. The SMILES string of the molecule is Oc1cccc(C2=NN3C(C2)c2cc(Cl)ccc2OC3c2cccnc2)c1. The van der Waals surface area contributed by atoms with Crippen LogP contribution in [0, 0.1) is 0 Å². The van der Waals surface area contributed by atoms with E-state index in [9.17, 15) is 5.11 Å². The van der Waals surface area contributed by atoms with Crippen LogP contribution in [-0.4, -0.2) is 20.8 Å². The summed E-state index contributed by atoms with van der Waals surface area (Å²) in [5.74, 6) is 1.03. The Bertz CT molecular complexity index is 1040. The number of ether oxygens (including phenoxy) is 1. The third-order valence-corrected chi connectivity index (χ3v) is 5.14. The second kappa shape index (κ2) is 6.28. The van der Waals surface area contributed by atoms with Crippen molar-refractivity contribution in [2.75, 3.05) is 0 Å². The average Bonchev–Trinajstić information content (AvgIpc) is 3.14. The molecule has 0 spiro atoms. The van der Waals surface area contributed by atoms with Crippen LogP contribution in [0.5, 0.6) is 11.5 Å². The van der Waals surface area contributed by atoms with Gasteiger partial charge in [-0.2, -0.15) is 5.10 Å². The van der Waals surface area contributed by atoms with Crippen LogP contribution in [0.3, 0.4) is 0 Å². The summed E-state index contributed by atoms with van der Waals surface area (Å²) in [7, 11) is 0. The molecule has 0 bridgehead atoms. The highest BCUT2D eigenvalue weighted by Crippen LogP contribution is 2.48. The molecule has 0 aliphatic carbocycles. The van der Waals surface area contributed by atoms with Crippen LogP contribution < -0.4 is 4.74 Å². The number of nitrogens with zero attached hydrogens (tertiary/aromatic N) is 3. The quantitative estimate of drug-likeness (QED) is 0.704. The van der Waals surface area contributed by atoms with Crippen LogP contribution in [0.1, 0.15) is 35.4 Å². The van der Waals surface area contributed by atoms with Gasteiger partial charge in [-0.25, -0.2) is 5.01 Å². The van der Waals surface area contributed by atoms with E-state index >= 15 is 0 Å². The first kappa shape index (κ1) is 16.1. The Morgan fingerprint density at radius 3 is 2.85 bits per heavy atom. The minimum Gasteiger partial charge on any atom is -0.508 e. The second-order valence-electron chi connectivity index (χ2n) is 6.64. The summed E-state index contributed by atoms with van der Waals surface area (Å²) in [5.41, 5.74) is 3.75. The monoisotopic (exact) mass is 377 g/mol. The Balaban J connectivity index is 1.61. The van der Waals surface area contributed by atoms with Crippen LogP contribution in [0.2, 0.25) is 5.02 Å². The maximum atomic E-state index is 9.84. The van der Waals surface area contributed by atoms with Gasteiger partial charge in [0.2, 0.25) is 6.23 Å². The van der Waals surface area contributed by atoms with Crippen LogP contribution in [0.15, 0.2) is 72.1 Å². The fourth-order valence-corrected chi connectivity index (χ4v) is 3.84. The highest BCUT2D eigenvalue weighted by atomic mass is 35.5. The minimum atomic E-state index is -0.368. The summed E-state index contributed by atoms with van der Waals surface area (Å²) >= 11 is 6.24. The van der Waals surface area contributed by atoms with Crippen molar-refractivity contribution in [1.29, 1.82) is 0 Å². The molecule has 2 unspecified atom stereocenters. The van der Waals surface area contributed by atoms with Gasteiger partial charge in [0.15, 0.2) is 0 Å². The number of benzene rings is 2. The number of hydrazone groups is 1. The molecule has 3 heterocycles. The van der Waals surface area contributed by atoms with E-state index in [1.165, 1.54) is 0 Å². The molecular weight excluding hydrogens is 362 g/mol. The van der Waals surface area contributed by atoms with Crippen LogP contribution in [0.25, 0.3) is 0 Å². The summed E-state index contributed by atoms with van der Waals surface area (Å²) in [6, 6.07) is 16.7. The number of hydrogen-bond acceptors (Lipinski definition) is 5. The molecule has 1 aromatic heterocycles. The number of rotatable bonds is 2. The minimum absolute atomic E-state index is 0.00926. The molecule has 0 amide bonds. The summed E-state index contributed by atoms with van der Waals surface area (Å²) in [4.78, 5) is 4.22. The first-order chi connectivity index (χ1) is 13.2. The standard InChI is InChI=1S/C21H16ClN3O2/c22-15-6-7-20-17(10-15)19-11-18(13-3-1-5-16(26)9-13)24-25(19)21(27-20)14-4-2-8-23-12-14/h1-10,12,19,21,26H,11H2. The van der Waals surface area contributed by atoms with E-state index in [0.29, 0.717) is 11.4 Å². The van der Waals surface area contributed by atoms with Crippen LogP contribution >= 0.6 is 11.6 Å². The number of phenolic OH excluding ortho intramolecular Hbond substituents is 1. The molecule has 0 radical (unpaired) electrons.